The molecule has 0 saturated carbocycles. The predicted octanol–water partition coefficient (Wildman–Crippen LogP) is 4.80. The Morgan fingerprint density at radius 3 is 2.59 bits per heavy atom. The molecule has 0 unspecified atom stereocenters. The van der Waals surface area contributed by atoms with Gasteiger partial charge >= 0.3 is 0 Å². The van der Waals surface area contributed by atoms with Gasteiger partial charge in [-0.3, -0.25) is 14.9 Å². The monoisotopic (exact) mass is 424 g/mol. The molecule has 8 heteroatoms. The van der Waals surface area contributed by atoms with Crippen molar-refractivity contribution in [1.82, 2.24) is 14.5 Å². The van der Waals surface area contributed by atoms with Crippen molar-refractivity contribution in [2.75, 3.05) is 5.32 Å². The predicted molar refractivity (Wildman–Crippen MR) is 119 cm³/mol. The van der Waals surface area contributed by atoms with E-state index in [9.17, 15) is 9.59 Å². The first-order valence-corrected chi connectivity index (χ1v) is 10.8. The van der Waals surface area contributed by atoms with E-state index in [0.717, 1.165) is 16.1 Å². The van der Waals surface area contributed by atoms with E-state index in [4.69, 9.17) is 4.98 Å². The molecule has 3 aromatic heterocycles. The van der Waals surface area contributed by atoms with Crippen LogP contribution in [0.2, 0.25) is 0 Å². The number of thiophene rings is 1. The summed E-state index contributed by atoms with van der Waals surface area (Å²) in [6, 6.07) is 9.96. The number of nitrogens with one attached hydrogen (secondary N) is 1. The lowest BCUT2D eigenvalue weighted by Crippen LogP contribution is -2.17. The van der Waals surface area contributed by atoms with Gasteiger partial charge in [-0.15, -0.1) is 22.7 Å². The van der Waals surface area contributed by atoms with Crippen LogP contribution in [0.4, 0.5) is 5.13 Å². The van der Waals surface area contributed by atoms with Crippen LogP contribution >= 0.6 is 22.7 Å². The first kappa shape index (κ1) is 19.5. The Hall–Kier alpha value is -2.84. The van der Waals surface area contributed by atoms with Crippen molar-refractivity contribution in [3.63, 3.8) is 0 Å². The Bertz CT molecular complexity index is 1270. The summed E-state index contributed by atoms with van der Waals surface area (Å²) in [5.74, 6) is 0.0165. The second-order valence-electron chi connectivity index (χ2n) is 7.10. The molecule has 4 aromatic rings. The number of carbonyl (C=O) groups excluding carboxylic acids is 1. The van der Waals surface area contributed by atoms with Crippen LogP contribution in [0.5, 0.6) is 0 Å². The summed E-state index contributed by atoms with van der Waals surface area (Å²) in [5, 5.41) is 3.97. The Labute approximate surface area is 175 Å². The number of hydrogen-bond donors (Lipinski definition) is 1. The summed E-state index contributed by atoms with van der Waals surface area (Å²) in [5.41, 5.74) is 2.42. The van der Waals surface area contributed by atoms with Crippen LogP contribution < -0.4 is 10.9 Å². The van der Waals surface area contributed by atoms with Gasteiger partial charge in [0.1, 0.15) is 4.83 Å². The van der Waals surface area contributed by atoms with Gasteiger partial charge < -0.3 is 4.57 Å². The molecule has 0 saturated heterocycles. The maximum atomic E-state index is 13.0. The fourth-order valence-electron chi connectivity index (χ4n) is 3.16. The van der Waals surface area contributed by atoms with Crippen LogP contribution in [0.1, 0.15) is 39.9 Å². The molecule has 4 rings (SSSR count). The molecular formula is C21H20N4O2S2. The largest absolute Gasteiger partial charge is 0.302 e. The summed E-state index contributed by atoms with van der Waals surface area (Å²) in [6.45, 7) is 6.01. The minimum absolute atomic E-state index is 0.148. The third-order valence-electron chi connectivity index (χ3n) is 4.66. The number of aromatic nitrogens is 3. The van der Waals surface area contributed by atoms with E-state index in [0.29, 0.717) is 25.8 Å². The molecule has 0 spiro atoms. The highest BCUT2D eigenvalue weighted by Gasteiger charge is 2.22. The van der Waals surface area contributed by atoms with Crippen LogP contribution in [-0.2, 0) is 7.05 Å². The minimum atomic E-state index is -0.267. The SMILES string of the molecule is Cc1c(C(=O)Nc2nc(-c3ccccc3)c(C(C)C)s2)sc2ncn(C)c(=O)c12. The zero-order valence-corrected chi connectivity index (χ0v) is 18.1. The van der Waals surface area contributed by atoms with Gasteiger partial charge in [0.05, 0.1) is 22.3 Å². The topological polar surface area (TPSA) is 76.9 Å². The molecule has 1 N–H and O–H groups in total. The van der Waals surface area contributed by atoms with Gasteiger partial charge in [0.15, 0.2) is 5.13 Å². The zero-order chi connectivity index (χ0) is 20.7. The van der Waals surface area contributed by atoms with Crippen LogP contribution in [0.25, 0.3) is 21.5 Å². The average Bonchev–Trinajstić information content (AvgIpc) is 3.27. The van der Waals surface area contributed by atoms with E-state index in [1.807, 2.05) is 30.3 Å². The van der Waals surface area contributed by atoms with E-state index in [-0.39, 0.29) is 17.4 Å². The number of rotatable bonds is 4. The molecule has 1 amide bonds. The molecule has 0 aliphatic heterocycles. The summed E-state index contributed by atoms with van der Waals surface area (Å²) in [7, 11) is 1.65. The van der Waals surface area contributed by atoms with Crippen LogP contribution in [0.15, 0.2) is 41.5 Å². The van der Waals surface area contributed by atoms with Crippen molar-refractivity contribution in [3.05, 3.63) is 62.3 Å². The first-order valence-electron chi connectivity index (χ1n) is 9.19. The summed E-state index contributed by atoms with van der Waals surface area (Å²) >= 11 is 2.71. The van der Waals surface area contributed by atoms with Crippen molar-refractivity contribution in [1.29, 1.82) is 0 Å². The first-order chi connectivity index (χ1) is 13.9. The fourth-order valence-corrected chi connectivity index (χ4v) is 5.18. The van der Waals surface area contributed by atoms with Crippen LogP contribution in [-0.4, -0.2) is 20.4 Å². The smallest absolute Gasteiger partial charge is 0.267 e. The van der Waals surface area contributed by atoms with E-state index in [1.165, 1.54) is 33.6 Å². The zero-order valence-electron chi connectivity index (χ0n) is 16.5. The number of benzene rings is 1. The Morgan fingerprint density at radius 2 is 1.90 bits per heavy atom. The number of amides is 1. The second kappa shape index (κ2) is 7.53. The number of carbonyl (C=O) groups is 1. The summed E-state index contributed by atoms with van der Waals surface area (Å²) in [4.78, 5) is 36.5. The molecule has 0 fully saturated rings. The number of hydrogen-bond acceptors (Lipinski definition) is 6. The van der Waals surface area contributed by atoms with E-state index >= 15 is 0 Å². The van der Waals surface area contributed by atoms with E-state index < -0.39 is 0 Å². The van der Waals surface area contributed by atoms with Crippen molar-refractivity contribution >= 4 is 43.9 Å². The number of nitrogens with zero attached hydrogens (tertiary/aromatic N) is 3. The molecule has 1 aromatic carbocycles. The number of anilines is 1. The normalized spacial score (nSPS) is 11.3. The Morgan fingerprint density at radius 1 is 1.17 bits per heavy atom. The lowest BCUT2D eigenvalue weighted by molar-refractivity contribution is 0.103. The van der Waals surface area contributed by atoms with E-state index in [1.54, 1.807) is 14.0 Å². The van der Waals surface area contributed by atoms with Gasteiger partial charge in [-0.1, -0.05) is 44.2 Å². The molecule has 6 nitrogen and oxygen atoms in total. The van der Waals surface area contributed by atoms with Crippen LogP contribution in [0.3, 0.4) is 0 Å². The van der Waals surface area contributed by atoms with Gasteiger partial charge in [-0.2, -0.15) is 0 Å². The molecular weight excluding hydrogens is 404 g/mol. The molecule has 148 valence electrons. The maximum absolute atomic E-state index is 13.0. The molecule has 0 aliphatic rings. The standard InChI is InChI=1S/C21H20N4O2S2/c1-11(2)16-15(13-8-6-5-7-9-13)23-21(29-16)24-18(26)17-12(3)14-19(28-17)22-10-25(4)20(14)27/h5-11H,1-4H3,(H,23,24,26). The summed E-state index contributed by atoms with van der Waals surface area (Å²) < 4.78 is 1.42. The molecule has 3 heterocycles. The third-order valence-corrected chi connectivity index (χ3v) is 7.13. The molecule has 0 atom stereocenters. The number of aryl methyl sites for hydroxylation is 2. The van der Waals surface area contributed by atoms with Crippen molar-refractivity contribution in [2.45, 2.75) is 26.7 Å². The Kier molecular flexibility index (Phi) is 5.06. The Balaban J connectivity index is 1.71. The van der Waals surface area contributed by atoms with Gasteiger partial charge in [0.2, 0.25) is 0 Å². The van der Waals surface area contributed by atoms with Gasteiger partial charge in [0.25, 0.3) is 11.5 Å². The van der Waals surface area contributed by atoms with Crippen molar-refractivity contribution in [3.8, 4) is 11.3 Å². The van der Waals surface area contributed by atoms with Gasteiger partial charge in [-0.05, 0) is 18.4 Å². The highest BCUT2D eigenvalue weighted by molar-refractivity contribution is 7.21. The fraction of sp³-hybridized carbons (Fsp3) is 0.238. The maximum Gasteiger partial charge on any atom is 0.267 e. The lowest BCUT2D eigenvalue weighted by Gasteiger charge is -2.04. The van der Waals surface area contributed by atoms with Gasteiger partial charge in [-0.25, -0.2) is 9.97 Å². The molecule has 29 heavy (non-hydrogen) atoms. The van der Waals surface area contributed by atoms with Gasteiger partial charge in [0, 0.05) is 17.5 Å². The second-order valence-corrected chi connectivity index (χ2v) is 9.13. The molecule has 0 bridgehead atoms. The molecule has 0 radical (unpaired) electrons. The van der Waals surface area contributed by atoms with E-state index in [2.05, 4.69) is 24.1 Å². The van der Waals surface area contributed by atoms with Crippen LogP contribution in [0, 0.1) is 6.92 Å². The van der Waals surface area contributed by atoms with Crippen molar-refractivity contribution < 1.29 is 4.79 Å². The highest BCUT2D eigenvalue weighted by atomic mass is 32.1. The lowest BCUT2D eigenvalue weighted by atomic mass is 10.1. The number of fused-ring (bicyclic) bond motifs is 1. The minimum Gasteiger partial charge on any atom is -0.302 e. The average molecular weight is 425 g/mol. The molecule has 0 aliphatic carbocycles. The number of thiazole rings is 1. The highest BCUT2D eigenvalue weighted by Crippen LogP contribution is 2.36. The summed E-state index contributed by atoms with van der Waals surface area (Å²) in [6.07, 6.45) is 1.48. The quantitative estimate of drug-likeness (QED) is 0.510. The van der Waals surface area contributed by atoms with Crippen molar-refractivity contribution in [2.24, 2.45) is 7.05 Å². The third kappa shape index (κ3) is 3.49.